The maximum Gasteiger partial charge on any atom is 0.179 e. The molecule has 4 heteroatoms. The summed E-state index contributed by atoms with van der Waals surface area (Å²) < 4.78 is 5.47. The van der Waals surface area contributed by atoms with Crippen molar-refractivity contribution in [3.63, 3.8) is 0 Å². The third kappa shape index (κ3) is 2.00. The van der Waals surface area contributed by atoms with Crippen LogP contribution in [0.1, 0.15) is 43.7 Å². The second-order valence-corrected chi connectivity index (χ2v) is 7.61. The van der Waals surface area contributed by atoms with Crippen LogP contribution < -0.4 is 4.74 Å². The van der Waals surface area contributed by atoms with Crippen LogP contribution in [0.15, 0.2) is 18.2 Å². The van der Waals surface area contributed by atoms with Gasteiger partial charge in [-0.3, -0.25) is 4.79 Å². The molecule has 4 rings (SSSR count). The summed E-state index contributed by atoms with van der Waals surface area (Å²) in [5, 5.41) is 9.62. The second-order valence-electron chi connectivity index (χ2n) is 7.61. The first-order valence-electron chi connectivity index (χ1n) is 8.98. The summed E-state index contributed by atoms with van der Waals surface area (Å²) in [6, 6.07) is 6.54. The van der Waals surface area contributed by atoms with Gasteiger partial charge in [0.1, 0.15) is 11.5 Å². The highest BCUT2D eigenvalue weighted by Crippen LogP contribution is 2.57. The fourth-order valence-electron chi connectivity index (χ4n) is 5.75. The van der Waals surface area contributed by atoms with Gasteiger partial charge in [-0.2, -0.15) is 5.26 Å². The number of Topliss-reactive ketones (excluding diaryl/α,β-unsaturated/α-hetero) is 1. The molecule has 0 radical (unpaired) electrons. The summed E-state index contributed by atoms with van der Waals surface area (Å²) in [5.74, 6) is 2.03. The number of nitrogens with zero attached hydrogens (tertiary/aromatic N) is 2. The molecule has 0 amide bonds. The number of carbonyl (C=O) groups excluding carboxylic acids is 1. The highest BCUT2D eigenvalue weighted by atomic mass is 16.5. The summed E-state index contributed by atoms with van der Waals surface area (Å²) >= 11 is 0. The average molecular weight is 324 g/mol. The van der Waals surface area contributed by atoms with E-state index in [0.29, 0.717) is 30.5 Å². The molecule has 1 saturated heterocycles. The Morgan fingerprint density at radius 3 is 2.96 bits per heavy atom. The zero-order chi connectivity index (χ0) is 16.9. The summed E-state index contributed by atoms with van der Waals surface area (Å²) in [7, 11) is 1.70. The molecule has 1 unspecified atom stereocenters. The number of benzene rings is 1. The minimum Gasteiger partial charge on any atom is -0.497 e. The van der Waals surface area contributed by atoms with E-state index in [-0.39, 0.29) is 11.5 Å². The van der Waals surface area contributed by atoms with Crippen molar-refractivity contribution in [1.82, 2.24) is 4.90 Å². The van der Waals surface area contributed by atoms with Crippen LogP contribution in [0.3, 0.4) is 0 Å². The van der Waals surface area contributed by atoms with Crippen LogP contribution in [0.25, 0.3) is 0 Å². The van der Waals surface area contributed by atoms with E-state index in [4.69, 9.17) is 4.74 Å². The van der Waals surface area contributed by atoms with Gasteiger partial charge in [-0.05, 0) is 47.9 Å². The molecular weight excluding hydrogens is 300 g/mol. The van der Waals surface area contributed by atoms with Crippen molar-refractivity contribution in [2.45, 2.75) is 50.5 Å². The highest BCUT2D eigenvalue weighted by molar-refractivity contribution is 5.82. The van der Waals surface area contributed by atoms with E-state index < -0.39 is 0 Å². The Morgan fingerprint density at radius 1 is 1.42 bits per heavy atom. The highest BCUT2D eigenvalue weighted by Gasteiger charge is 2.58. The number of hydrogen-bond acceptors (Lipinski definition) is 4. The van der Waals surface area contributed by atoms with Gasteiger partial charge in [0.05, 0.1) is 7.11 Å². The molecule has 126 valence electrons. The predicted molar refractivity (Wildman–Crippen MR) is 90.6 cm³/mol. The number of ketones is 1. The molecule has 1 aromatic rings. The van der Waals surface area contributed by atoms with Crippen molar-refractivity contribution in [2.75, 3.05) is 13.7 Å². The van der Waals surface area contributed by atoms with Gasteiger partial charge in [0.15, 0.2) is 6.19 Å². The van der Waals surface area contributed by atoms with Crippen LogP contribution in [0.2, 0.25) is 0 Å². The molecule has 1 heterocycles. The topological polar surface area (TPSA) is 53.3 Å². The fraction of sp³-hybridized carbons (Fsp3) is 0.600. The van der Waals surface area contributed by atoms with Gasteiger partial charge in [-0.25, -0.2) is 0 Å². The Balaban J connectivity index is 1.92. The van der Waals surface area contributed by atoms with Crippen molar-refractivity contribution in [1.29, 1.82) is 5.26 Å². The lowest BCUT2D eigenvalue weighted by molar-refractivity contribution is -0.130. The molecule has 2 fully saturated rings. The molecule has 0 spiro atoms. The van der Waals surface area contributed by atoms with E-state index in [9.17, 15) is 10.1 Å². The van der Waals surface area contributed by atoms with Crippen LogP contribution in [-0.4, -0.2) is 30.4 Å². The maximum atomic E-state index is 12.6. The molecule has 0 N–H and O–H groups in total. The fourth-order valence-corrected chi connectivity index (χ4v) is 5.75. The van der Waals surface area contributed by atoms with Crippen molar-refractivity contribution < 1.29 is 9.53 Å². The monoisotopic (exact) mass is 324 g/mol. The lowest BCUT2D eigenvalue weighted by atomic mass is 9.49. The molecular formula is C20H24N2O2. The molecule has 4 nitrogen and oxygen atoms in total. The number of methoxy groups -OCH3 is 1. The average Bonchev–Trinajstić information content (AvgIpc) is 2.60. The van der Waals surface area contributed by atoms with Crippen molar-refractivity contribution in [2.24, 2.45) is 11.8 Å². The number of rotatable bonds is 2. The van der Waals surface area contributed by atoms with Crippen LogP contribution in [0.4, 0.5) is 0 Å². The van der Waals surface area contributed by atoms with E-state index in [0.717, 1.165) is 31.6 Å². The lowest BCUT2D eigenvalue weighted by Gasteiger charge is -2.59. The Morgan fingerprint density at radius 2 is 2.25 bits per heavy atom. The van der Waals surface area contributed by atoms with Crippen molar-refractivity contribution in [3.05, 3.63) is 29.3 Å². The zero-order valence-corrected chi connectivity index (χ0v) is 14.4. The molecule has 1 aromatic carbocycles. The molecule has 1 aliphatic heterocycles. The van der Waals surface area contributed by atoms with Gasteiger partial charge >= 0.3 is 0 Å². The third-order valence-corrected chi connectivity index (χ3v) is 6.70. The molecule has 2 aliphatic carbocycles. The van der Waals surface area contributed by atoms with Gasteiger partial charge in [-0.1, -0.05) is 19.4 Å². The minimum atomic E-state index is -0.101. The van der Waals surface area contributed by atoms with E-state index in [1.54, 1.807) is 7.11 Å². The van der Waals surface area contributed by atoms with E-state index in [2.05, 4.69) is 25.2 Å². The summed E-state index contributed by atoms with van der Waals surface area (Å²) in [5.41, 5.74) is 2.50. The normalized spacial score (nSPS) is 34.1. The first-order valence-corrected chi connectivity index (χ1v) is 8.98. The molecule has 4 atom stereocenters. The Hall–Kier alpha value is -2.02. The first kappa shape index (κ1) is 15.5. The first-order chi connectivity index (χ1) is 11.6. The summed E-state index contributed by atoms with van der Waals surface area (Å²) in [6.07, 6.45) is 6.54. The van der Waals surface area contributed by atoms with Crippen molar-refractivity contribution in [3.8, 4) is 11.9 Å². The van der Waals surface area contributed by atoms with Gasteiger partial charge in [-0.15, -0.1) is 0 Å². The number of likely N-dealkylation sites (tertiary alicyclic amines) is 1. The number of nitriles is 1. The molecule has 0 aromatic heterocycles. The largest absolute Gasteiger partial charge is 0.497 e. The van der Waals surface area contributed by atoms with Crippen molar-refractivity contribution >= 4 is 5.78 Å². The number of hydrogen-bond donors (Lipinski definition) is 0. The number of ether oxygens (including phenoxy) is 1. The van der Waals surface area contributed by atoms with Gasteiger partial charge in [0, 0.05) is 30.8 Å². The quantitative estimate of drug-likeness (QED) is 0.785. The molecule has 2 bridgehead atoms. The number of carbonyl (C=O) groups is 1. The van der Waals surface area contributed by atoms with E-state index in [1.165, 1.54) is 11.1 Å². The molecule has 24 heavy (non-hydrogen) atoms. The minimum absolute atomic E-state index is 0.101. The molecule has 3 aliphatic rings. The summed E-state index contributed by atoms with van der Waals surface area (Å²) in [4.78, 5) is 14.6. The summed E-state index contributed by atoms with van der Waals surface area (Å²) in [6.45, 7) is 2.95. The van der Waals surface area contributed by atoms with Gasteiger partial charge in [0.25, 0.3) is 0 Å². The number of fused-ring (bicyclic) bond motifs is 1. The maximum absolute atomic E-state index is 12.6. The smallest absolute Gasteiger partial charge is 0.179 e. The SMILES string of the molecule is CCC1CC(=O)C[C@]23CCN(C#N)[C@H](Cc4ccc(OC)cc42)[C@H]13. The van der Waals surface area contributed by atoms with Crippen LogP contribution in [0.5, 0.6) is 5.75 Å². The lowest BCUT2D eigenvalue weighted by Crippen LogP contribution is -2.63. The van der Waals surface area contributed by atoms with Gasteiger partial charge < -0.3 is 9.64 Å². The second kappa shape index (κ2) is 5.51. The van der Waals surface area contributed by atoms with Crippen LogP contribution >= 0.6 is 0 Å². The van der Waals surface area contributed by atoms with E-state index >= 15 is 0 Å². The Labute approximate surface area is 143 Å². The zero-order valence-electron chi connectivity index (χ0n) is 14.4. The Kier molecular flexibility index (Phi) is 3.56. The predicted octanol–water partition coefficient (Wildman–Crippen LogP) is 3.05. The number of piperidine rings is 1. The molecule has 1 saturated carbocycles. The third-order valence-electron chi connectivity index (χ3n) is 6.70. The van der Waals surface area contributed by atoms with Crippen LogP contribution in [-0.2, 0) is 16.6 Å². The van der Waals surface area contributed by atoms with E-state index in [1.807, 2.05) is 11.0 Å². The Bertz CT molecular complexity index is 723. The van der Waals surface area contributed by atoms with Gasteiger partial charge in [0.2, 0.25) is 0 Å². The standard InChI is InChI=1S/C20H24N2O2/c1-3-13-8-15(23)11-20-6-7-22(12-21)18(19(13)20)9-14-4-5-16(24-2)10-17(14)20/h4-5,10,13,18-19H,3,6-9,11H2,1-2H3/t13?,18-,19+,20-/m1/s1. The van der Waals surface area contributed by atoms with Crippen LogP contribution in [0, 0.1) is 23.3 Å².